The van der Waals surface area contributed by atoms with Crippen LogP contribution in [0.4, 0.5) is 11.5 Å². The summed E-state index contributed by atoms with van der Waals surface area (Å²) in [6.45, 7) is 5.88. The molecule has 1 atom stereocenters. The fourth-order valence-electron chi connectivity index (χ4n) is 4.30. The number of likely N-dealkylation sites (N-methyl/N-ethyl adjacent to an activating group) is 1. The first-order chi connectivity index (χ1) is 17.5. The Bertz CT molecular complexity index is 1360. The van der Waals surface area contributed by atoms with Crippen LogP contribution in [0.5, 0.6) is 0 Å². The molecule has 4 aromatic rings. The van der Waals surface area contributed by atoms with Gasteiger partial charge in [0.25, 0.3) is 11.8 Å². The van der Waals surface area contributed by atoms with Gasteiger partial charge in [0.05, 0.1) is 17.3 Å². The lowest BCUT2D eigenvalue weighted by atomic mass is 10.1. The number of hydrogen-bond acceptors (Lipinski definition) is 6. The molecule has 0 saturated carbocycles. The molecule has 2 aromatic heterocycles. The number of H-pyrrole nitrogens is 1. The topological polar surface area (TPSA) is 106 Å². The zero-order valence-electron chi connectivity index (χ0n) is 20.4. The minimum Gasteiger partial charge on any atom is -0.369 e. The average Bonchev–Trinajstić information content (AvgIpc) is 3.31. The van der Waals surface area contributed by atoms with E-state index in [2.05, 4.69) is 42.7 Å². The lowest BCUT2D eigenvalue weighted by Crippen LogP contribution is -2.44. The van der Waals surface area contributed by atoms with Gasteiger partial charge in [-0.3, -0.25) is 19.7 Å². The smallest absolute Gasteiger partial charge is 0.256 e. The summed E-state index contributed by atoms with van der Waals surface area (Å²) in [6.07, 6.45) is 1.70. The van der Waals surface area contributed by atoms with Gasteiger partial charge < -0.3 is 20.4 Å². The molecule has 2 aromatic carbocycles. The van der Waals surface area contributed by atoms with E-state index in [0.717, 1.165) is 43.1 Å². The summed E-state index contributed by atoms with van der Waals surface area (Å²) in [6, 6.07) is 18.2. The summed E-state index contributed by atoms with van der Waals surface area (Å²) >= 11 is 0. The Kier molecular flexibility index (Phi) is 6.64. The number of aromatic amines is 1. The normalized spacial score (nSPS) is 15.0. The molecule has 1 aliphatic heterocycles. The number of carbonyl (C=O) groups is 2. The third kappa shape index (κ3) is 5.06. The monoisotopic (exact) mass is 483 g/mol. The zero-order valence-corrected chi connectivity index (χ0v) is 20.4. The van der Waals surface area contributed by atoms with Crippen molar-refractivity contribution in [2.24, 2.45) is 0 Å². The molecule has 1 aliphatic rings. The highest BCUT2D eigenvalue weighted by atomic mass is 16.2. The predicted molar refractivity (Wildman–Crippen MR) is 140 cm³/mol. The molecular formula is C27H29N7O2. The van der Waals surface area contributed by atoms with Crippen molar-refractivity contribution in [2.45, 2.75) is 13.0 Å². The lowest BCUT2D eigenvalue weighted by Gasteiger charge is -2.34. The number of rotatable bonds is 6. The van der Waals surface area contributed by atoms with E-state index in [9.17, 15) is 9.59 Å². The maximum Gasteiger partial charge on any atom is 0.256 e. The molecule has 9 heteroatoms. The summed E-state index contributed by atoms with van der Waals surface area (Å²) in [5.41, 5.74) is 3.63. The first kappa shape index (κ1) is 23.5. The number of nitrogens with zero attached hydrogens (tertiary/aromatic N) is 4. The van der Waals surface area contributed by atoms with Gasteiger partial charge in [-0.15, -0.1) is 0 Å². The molecule has 0 aliphatic carbocycles. The number of carbonyl (C=O) groups excluding carboxylic acids is 2. The van der Waals surface area contributed by atoms with E-state index in [4.69, 9.17) is 0 Å². The number of hydrogen-bond donors (Lipinski definition) is 3. The van der Waals surface area contributed by atoms with Gasteiger partial charge >= 0.3 is 0 Å². The van der Waals surface area contributed by atoms with Crippen molar-refractivity contribution in [3.05, 3.63) is 83.7 Å². The molecule has 0 bridgehead atoms. The Labute approximate surface area is 209 Å². The first-order valence-electron chi connectivity index (χ1n) is 12.0. The van der Waals surface area contributed by atoms with Crippen molar-refractivity contribution in [3.8, 4) is 0 Å². The van der Waals surface area contributed by atoms with Crippen molar-refractivity contribution in [2.75, 3.05) is 43.4 Å². The Morgan fingerprint density at radius 1 is 0.944 bits per heavy atom. The van der Waals surface area contributed by atoms with Crippen LogP contribution < -0.4 is 15.5 Å². The van der Waals surface area contributed by atoms with Crippen molar-refractivity contribution in [1.29, 1.82) is 0 Å². The number of fused-ring (bicyclic) bond motifs is 1. The molecule has 1 fully saturated rings. The molecular weight excluding hydrogens is 454 g/mol. The van der Waals surface area contributed by atoms with E-state index in [-0.39, 0.29) is 17.9 Å². The Morgan fingerprint density at radius 2 is 1.69 bits per heavy atom. The van der Waals surface area contributed by atoms with Crippen molar-refractivity contribution in [1.82, 2.24) is 25.4 Å². The predicted octanol–water partition coefficient (Wildman–Crippen LogP) is 3.45. The number of piperazine rings is 1. The molecule has 0 spiro atoms. The van der Waals surface area contributed by atoms with Crippen LogP contribution in [0, 0.1) is 0 Å². The fourth-order valence-corrected chi connectivity index (χ4v) is 4.30. The number of nitrogens with one attached hydrogen (secondary N) is 3. The van der Waals surface area contributed by atoms with E-state index in [0.29, 0.717) is 22.3 Å². The van der Waals surface area contributed by atoms with Gasteiger partial charge in [0.15, 0.2) is 5.82 Å². The van der Waals surface area contributed by atoms with Gasteiger partial charge in [-0.2, -0.15) is 5.10 Å². The number of anilines is 2. The van der Waals surface area contributed by atoms with Gasteiger partial charge in [-0.1, -0.05) is 6.07 Å². The van der Waals surface area contributed by atoms with Crippen LogP contribution in [0.25, 0.3) is 10.9 Å². The number of pyridine rings is 1. The van der Waals surface area contributed by atoms with Crippen LogP contribution in [0.15, 0.2) is 66.9 Å². The second-order valence-corrected chi connectivity index (χ2v) is 9.07. The van der Waals surface area contributed by atoms with E-state index in [1.807, 2.05) is 49.4 Å². The van der Waals surface area contributed by atoms with Crippen LogP contribution >= 0.6 is 0 Å². The summed E-state index contributed by atoms with van der Waals surface area (Å²) in [7, 11) is 2.13. The molecule has 1 unspecified atom stereocenters. The van der Waals surface area contributed by atoms with Gasteiger partial charge in [0.2, 0.25) is 0 Å². The second-order valence-electron chi connectivity index (χ2n) is 9.07. The van der Waals surface area contributed by atoms with Crippen LogP contribution in [0.3, 0.4) is 0 Å². The first-order valence-corrected chi connectivity index (χ1v) is 12.0. The molecule has 184 valence electrons. The summed E-state index contributed by atoms with van der Waals surface area (Å²) in [5, 5.41) is 13.7. The second kappa shape index (κ2) is 10.2. The van der Waals surface area contributed by atoms with Crippen LogP contribution in [0.2, 0.25) is 0 Å². The van der Waals surface area contributed by atoms with Crippen molar-refractivity contribution >= 4 is 34.2 Å². The third-order valence-electron chi connectivity index (χ3n) is 6.53. The molecule has 5 rings (SSSR count). The average molecular weight is 484 g/mol. The van der Waals surface area contributed by atoms with Gasteiger partial charge in [-0.25, -0.2) is 0 Å². The standard InChI is InChI=1S/C27H29N7O2/c1-18(23-5-3-4-12-28-23)29-27(36)20-8-11-24-22(17-20)25(32-31-24)30-26(35)19-6-9-21(10-7-19)34-15-13-33(2)14-16-34/h3-12,17-18H,13-16H2,1-2H3,(H,29,36)(H2,30,31,32,35). The van der Waals surface area contributed by atoms with E-state index in [1.54, 1.807) is 24.4 Å². The fraction of sp³-hybridized carbons (Fsp3) is 0.259. The number of benzene rings is 2. The van der Waals surface area contributed by atoms with Crippen molar-refractivity contribution in [3.63, 3.8) is 0 Å². The van der Waals surface area contributed by atoms with Crippen LogP contribution in [-0.2, 0) is 0 Å². The summed E-state index contributed by atoms with van der Waals surface area (Å²) in [5.74, 6) is -0.106. The Morgan fingerprint density at radius 3 is 2.42 bits per heavy atom. The molecule has 1 saturated heterocycles. The summed E-state index contributed by atoms with van der Waals surface area (Å²) in [4.78, 5) is 34.7. The van der Waals surface area contributed by atoms with E-state index >= 15 is 0 Å². The highest BCUT2D eigenvalue weighted by Crippen LogP contribution is 2.24. The molecule has 0 radical (unpaired) electrons. The van der Waals surface area contributed by atoms with Crippen LogP contribution in [-0.4, -0.2) is 65.1 Å². The molecule has 3 heterocycles. The van der Waals surface area contributed by atoms with Crippen LogP contribution in [0.1, 0.15) is 39.4 Å². The molecule has 3 N–H and O–H groups in total. The minimum absolute atomic E-state index is 0.229. The van der Waals surface area contributed by atoms with Gasteiger partial charge in [0, 0.05) is 54.6 Å². The van der Waals surface area contributed by atoms with Gasteiger partial charge in [-0.05, 0) is 68.6 Å². The lowest BCUT2D eigenvalue weighted by molar-refractivity contribution is 0.0938. The SMILES string of the molecule is CC(NC(=O)c1ccc2[nH]nc(NC(=O)c3ccc(N4CCN(C)CC4)cc3)c2c1)c1ccccn1. The summed E-state index contributed by atoms with van der Waals surface area (Å²) < 4.78 is 0. The Balaban J connectivity index is 1.28. The highest BCUT2D eigenvalue weighted by Gasteiger charge is 2.17. The Hall–Kier alpha value is -4.24. The van der Waals surface area contributed by atoms with E-state index in [1.165, 1.54) is 0 Å². The highest BCUT2D eigenvalue weighted by molar-refractivity contribution is 6.09. The largest absolute Gasteiger partial charge is 0.369 e. The maximum absolute atomic E-state index is 12.9. The number of amides is 2. The zero-order chi connectivity index (χ0) is 25.1. The van der Waals surface area contributed by atoms with E-state index < -0.39 is 0 Å². The molecule has 36 heavy (non-hydrogen) atoms. The number of aromatic nitrogens is 3. The minimum atomic E-state index is -0.257. The third-order valence-corrected chi connectivity index (χ3v) is 6.53. The molecule has 2 amide bonds. The quantitative estimate of drug-likeness (QED) is 0.388. The maximum atomic E-state index is 12.9. The molecule has 9 nitrogen and oxygen atoms in total. The van der Waals surface area contributed by atoms with Crippen molar-refractivity contribution < 1.29 is 9.59 Å². The van der Waals surface area contributed by atoms with Gasteiger partial charge in [0.1, 0.15) is 0 Å².